The maximum absolute atomic E-state index is 9.01. The molecule has 4 nitrogen and oxygen atoms in total. The van der Waals surface area contributed by atoms with Gasteiger partial charge in [0.05, 0.1) is 0 Å². The third-order valence-corrected chi connectivity index (χ3v) is 2.92. The molecule has 0 amide bonds. The quantitative estimate of drug-likeness (QED) is 0.843. The molecule has 2 heterocycles. The highest BCUT2D eigenvalue weighted by Crippen LogP contribution is 2.19. The number of hydrogen-bond acceptors (Lipinski definition) is 4. The largest absolute Gasteiger partial charge is 0.473 e. The molecule has 17 heavy (non-hydrogen) atoms. The maximum atomic E-state index is 9.01. The molecule has 4 heteroatoms. The minimum Gasteiger partial charge on any atom is -0.473 e. The average Bonchev–Trinajstić information content (AvgIpc) is 2.58. The van der Waals surface area contributed by atoms with E-state index in [1.807, 2.05) is 13.0 Å². The van der Waals surface area contributed by atoms with E-state index in [0.717, 1.165) is 38.0 Å². The van der Waals surface area contributed by atoms with E-state index in [9.17, 15) is 0 Å². The lowest BCUT2D eigenvalue weighted by Gasteiger charge is -2.16. The second-order valence-electron chi connectivity index (χ2n) is 4.34. The molecule has 1 aromatic heterocycles. The summed E-state index contributed by atoms with van der Waals surface area (Å²) >= 11 is 0. The van der Waals surface area contributed by atoms with Gasteiger partial charge in [0.15, 0.2) is 0 Å². The van der Waals surface area contributed by atoms with Gasteiger partial charge in [0.25, 0.3) is 0 Å². The van der Waals surface area contributed by atoms with Crippen LogP contribution in [0.15, 0.2) is 12.1 Å². The summed E-state index contributed by atoms with van der Waals surface area (Å²) in [6, 6.07) is 5.73. The number of rotatable bonds is 2. The maximum Gasteiger partial charge on any atom is 0.232 e. The molecule has 0 radical (unpaired) electrons. The molecule has 2 rings (SSSR count). The number of nitrogens with one attached hydrogen (secondary N) is 1. The molecule has 1 atom stereocenters. The predicted octanol–water partition coefficient (Wildman–Crippen LogP) is 1.78. The summed E-state index contributed by atoms with van der Waals surface area (Å²) in [6.45, 7) is 3.92. The van der Waals surface area contributed by atoms with Crippen LogP contribution in [-0.4, -0.2) is 24.2 Å². The Morgan fingerprint density at radius 3 is 3.12 bits per heavy atom. The first-order chi connectivity index (χ1) is 8.29. The van der Waals surface area contributed by atoms with Crippen LogP contribution in [0.5, 0.6) is 5.88 Å². The van der Waals surface area contributed by atoms with Crippen LogP contribution in [-0.2, 0) is 0 Å². The number of aromatic nitrogens is 1. The Bertz CT molecular complexity index is 417. The van der Waals surface area contributed by atoms with Crippen LogP contribution in [0.2, 0.25) is 0 Å². The molecule has 1 saturated heterocycles. The lowest BCUT2D eigenvalue weighted by atomic mass is 10.1. The van der Waals surface area contributed by atoms with Crippen molar-refractivity contribution < 1.29 is 4.74 Å². The van der Waals surface area contributed by atoms with Crippen molar-refractivity contribution in [2.75, 3.05) is 13.1 Å². The Hall–Kier alpha value is -1.60. The number of hydrogen-bond donors (Lipinski definition) is 1. The van der Waals surface area contributed by atoms with Gasteiger partial charge in [-0.2, -0.15) is 5.26 Å². The third-order valence-electron chi connectivity index (χ3n) is 2.92. The summed E-state index contributed by atoms with van der Waals surface area (Å²) in [7, 11) is 0. The minimum atomic E-state index is 0.173. The topological polar surface area (TPSA) is 57.9 Å². The molecule has 0 spiro atoms. The molecule has 1 aromatic rings. The van der Waals surface area contributed by atoms with E-state index in [2.05, 4.69) is 16.4 Å². The fourth-order valence-electron chi connectivity index (χ4n) is 1.97. The highest BCUT2D eigenvalue weighted by Gasteiger charge is 2.16. The zero-order valence-electron chi connectivity index (χ0n) is 10.1. The normalized spacial score (nSPS) is 20.4. The van der Waals surface area contributed by atoms with Gasteiger partial charge in [0, 0.05) is 5.69 Å². The first-order valence-electron chi connectivity index (χ1n) is 6.04. The Balaban J connectivity index is 2.11. The third kappa shape index (κ3) is 3.18. The molecule has 1 aliphatic rings. The lowest BCUT2D eigenvalue weighted by Crippen LogP contribution is -2.20. The van der Waals surface area contributed by atoms with Crippen LogP contribution in [0.4, 0.5) is 0 Å². The number of nitriles is 1. The van der Waals surface area contributed by atoms with Crippen molar-refractivity contribution in [2.24, 2.45) is 0 Å². The van der Waals surface area contributed by atoms with Crippen molar-refractivity contribution >= 4 is 0 Å². The molecule has 0 bridgehead atoms. The minimum absolute atomic E-state index is 0.173. The van der Waals surface area contributed by atoms with Gasteiger partial charge in [0.2, 0.25) is 5.88 Å². The number of pyridine rings is 1. The fourth-order valence-corrected chi connectivity index (χ4v) is 1.97. The van der Waals surface area contributed by atoms with Crippen LogP contribution in [0.3, 0.4) is 0 Å². The van der Waals surface area contributed by atoms with Gasteiger partial charge in [-0.1, -0.05) is 0 Å². The van der Waals surface area contributed by atoms with Crippen LogP contribution in [0.25, 0.3) is 0 Å². The smallest absolute Gasteiger partial charge is 0.232 e. The summed E-state index contributed by atoms with van der Waals surface area (Å²) in [5.74, 6) is 0.486. The summed E-state index contributed by atoms with van der Waals surface area (Å²) in [4.78, 5) is 4.30. The van der Waals surface area contributed by atoms with Crippen molar-refractivity contribution in [1.29, 1.82) is 5.26 Å². The Morgan fingerprint density at radius 1 is 1.41 bits per heavy atom. The zero-order chi connectivity index (χ0) is 12.1. The predicted molar refractivity (Wildman–Crippen MR) is 64.8 cm³/mol. The first-order valence-corrected chi connectivity index (χ1v) is 6.04. The molecular weight excluding hydrogens is 214 g/mol. The van der Waals surface area contributed by atoms with Crippen LogP contribution in [0.1, 0.15) is 30.5 Å². The molecule has 1 unspecified atom stereocenters. The van der Waals surface area contributed by atoms with Crippen LogP contribution in [0, 0.1) is 18.3 Å². The lowest BCUT2D eigenvalue weighted by molar-refractivity contribution is 0.179. The van der Waals surface area contributed by atoms with Gasteiger partial charge in [-0.15, -0.1) is 0 Å². The molecular formula is C13H17N3O. The summed E-state index contributed by atoms with van der Waals surface area (Å²) < 4.78 is 5.86. The first kappa shape index (κ1) is 11.9. The van der Waals surface area contributed by atoms with Crippen LogP contribution < -0.4 is 10.1 Å². The van der Waals surface area contributed by atoms with Crippen molar-refractivity contribution in [1.82, 2.24) is 10.3 Å². The number of ether oxygens (including phenoxy) is 1. The van der Waals surface area contributed by atoms with Crippen LogP contribution >= 0.6 is 0 Å². The molecule has 0 saturated carbocycles. The van der Waals surface area contributed by atoms with E-state index >= 15 is 0 Å². The number of nitrogens with zero attached hydrogens (tertiary/aromatic N) is 2. The monoisotopic (exact) mass is 231 g/mol. The summed E-state index contributed by atoms with van der Waals surface area (Å²) in [5, 5.41) is 12.3. The van der Waals surface area contributed by atoms with E-state index in [-0.39, 0.29) is 6.10 Å². The van der Waals surface area contributed by atoms with Crippen molar-refractivity contribution in [3.8, 4) is 11.9 Å². The Morgan fingerprint density at radius 2 is 2.29 bits per heavy atom. The van der Waals surface area contributed by atoms with Gasteiger partial charge < -0.3 is 10.1 Å². The average molecular weight is 231 g/mol. The van der Waals surface area contributed by atoms with Crippen molar-refractivity contribution in [3.63, 3.8) is 0 Å². The van der Waals surface area contributed by atoms with Gasteiger partial charge in [-0.3, -0.25) is 0 Å². The van der Waals surface area contributed by atoms with Gasteiger partial charge in [0.1, 0.15) is 17.7 Å². The highest BCUT2D eigenvalue weighted by atomic mass is 16.5. The van der Waals surface area contributed by atoms with E-state index in [0.29, 0.717) is 11.4 Å². The van der Waals surface area contributed by atoms with Crippen molar-refractivity contribution in [3.05, 3.63) is 23.4 Å². The molecule has 1 aliphatic heterocycles. The van der Waals surface area contributed by atoms with E-state index in [1.165, 1.54) is 0 Å². The van der Waals surface area contributed by atoms with Crippen molar-refractivity contribution in [2.45, 2.75) is 32.3 Å². The highest BCUT2D eigenvalue weighted by molar-refractivity contribution is 5.38. The van der Waals surface area contributed by atoms with E-state index in [4.69, 9.17) is 10.00 Å². The molecule has 90 valence electrons. The molecule has 1 fully saturated rings. The molecule has 0 aliphatic carbocycles. The van der Waals surface area contributed by atoms with E-state index in [1.54, 1.807) is 6.07 Å². The molecule has 0 aromatic carbocycles. The molecule has 1 N–H and O–H groups in total. The Labute approximate surface area is 102 Å². The standard InChI is InChI=1S/C13H17N3O/c1-10-4-5-11(9-14)13(16-10)17-12-3-2-7-15-8-6-12/h4-5,12,15H,2-3,6-8H2,1H3. The second kappa shape index (κ2) is 5.65. The zero-order valence-corrected chi connectivity index (χ0v) is 10.1. The summed E-state index contributed by atoms with van der Waals surface area (Å²) in [6.07, 6.45) is 3.28. The number of aryl methyl sites for hydroxylation is 1. The summed E-state index contributed by atoms with van der Waals surface area (Å²) in [5.41, 5.74) is 1.40. The fraction of sp³-hybridized carbons (Fsp3) is 0.538. The SMILES string of the molecule is Cc1ccc(C#N)c(OC2CCCNCC2)n1. The van der Waals surface area contributed by atoms with Gasteiger partial charge in [-0.05, 0) is 51.4 Å². The van der Waals surface area contributed by atoms with Gasteiger partial charge in [-0.25, -0.2) is 4.98 Å². The second-order valence-corrected chi connectivity index (χ2v) is 4.34. The van der Waals surface area contributed by atoms with Gasteiger partial charge >= 0.3 is 0 Å². The van der Waals surface area contributed by atoms with E-state index < -0.39 is 0 Å². The Kier molecular flexibility index (Phi) is 3.94.